The second-order valence-corrected chi connectivity index (χ2v) is 3.22. The molecule has 0 aliphatic carbocycles. The SMILES string of the molecule is CCC(CO)(CO)CC(C)O. The molecule has 1 unspecified atom stereocenters. The second-order valence-electron chi connectivity index (χ2n) is 3.22. The van der Waals surface area contributed by atoms with Crippen LogP contribution >= 0.6 is 0 Å². The summed E-state index contributed by atoms with van der Waals surface area (Å²) in [6, 6.07) is 0. The molecular formula is C8H18O3. The van der Waals surface area contributed by atoms with Gasteiger partial charge in [0.1, 0.15) is 0 Å². The molecule has 11 heavy (non-hydrogen) atoms. The maximum absolute atomic E-state index is 9.06. The van der Waals surface area contributed by atoms with Gasteiger partial charge in [0.2, 0.25) is 0 Å². The number of rotatable bonds is 5. The van der Waals surface area contributed by atoms with Crippen LogP contribution in [0.4, 0.5) is 0 Å². The summed E-state index contributed by atoms with van der Waals surface area (Å²) in [5, 5.41) is 27.0. The van der Waals surface area contributed by atoms with Gasteiger partial charge in [0.25, 0.3) is 0 Å². The van der Waals surface area contributed by atoms with Gasteiger partial charge in [-0.1, -0.05) is 6.92 Å². The highest BCUT2D eigenvalue weighted by Crippen LogP contribution is 2.26. The molecule has 0 spiro atoms. The highest BCUT2D eigenvalue weighted by Gasteiger charge is 2.27. The Morgan fingerprint density at radius 3 is 1.82 bits per heavy atom. The Morgan fingerprint density at radius 1 is 1.27 bits per heavy atom. The summed E-state index contributed by atoms with van der Waals surface area (Å²) >= 11 is 0. The minimum Gasteiger partial charge on any atom is -0.396 e. The van der Waals surface area contributed by atoms with E-state index in [1.807, 2.05) is 6.92 Å². The molecule has 0 aliphatic rings. The van der Waals surface area contributed by atoms with Gasteiger partial charge >= 0.3 is 0 Å². The fourth-order valence-electron chi connectivity index (χ4n) is 1.17. The lowest BCUT2D eigenvalue weighted by molar-refractivity contribution is 0.00875. The molecule has 1 atom stereocenters. The van der Waals surface area contributed by atoms with Crippen molar-refractivity contribution in [3.8, 4) is 0 Å². The summed E-state index contributed by atoms with van der Waals surface area (Å²) in [6.45, 7) is 3.43. The lowest BCUT2D eigenvalue weighted by Crippen LogP contribution is -2.32. The van der Waals surface area contributed by atoms with Gasteiger partial charge in [-0.05, 0) is 19.8 Å². The van der Waals surface area contributed by atoms with Crippen LogP contribution in [0.5, 0.6) is 0 Å². The molecular weight excluding hydrogens is 144 g/mol. The normalized spacial score (nSPS) is 15.0. The van der Waals surface area contributed by atoms with Crippen molar-refractivity contribution in [2.45, 2.75) is 32.8 Å². The van der Waals surface area contributed by atoms with E-state index in [-0.39, 0.29) is 13.2 Å². The molecule has 68 valence electrons. The monoisotopic (exact) mass is 162 g/mol. The largest absolute Gasteiger partial charge is 0.396 e. The first-order valence-corrected chi connectivity index (χ1v) is 4.00. The zero-order chi connectivity index (χ0) is 8.91. The van der Waals surface area contributed by atoms with E-state index in [9.17, 15) is 0 Å². The van der Waals surface area contributed by atoms with Gasteiger partial charge in [0.15, 0.2) is 0 Å². The van der Waals surface area contributed by atoms with Gasteiger partial charge in [-0.3, -0.25) is 0 Å². The van der Waals surface area contributed by atoms with Crippen molar-refractivity contribution in [3.05, 3.63) is 0 Å². The molecule has 0 saturated carbocycles. The van der Waals surface area contributed by atoms with E-state index in [0.29, 0.717) is 12.8 Å². The molecule has 0 aromatic carbocycles. The maximum atomic E-state index is 9.06. The topological polar surface area (TPSA) is 60.7 Å². The number of aliphatic hydroxyl groups excluding tert-OH is 3. The molecule has 0 aliphatic heterocycles. The Balaban J connectivity index is 4.05. The van der Waals surface area contributed by atoms with Crippen LogP contribution in [0.2, 0.25) is 0 Å². The van der Waals surface area contributed by atoms with Crippen molar-refractivity contribution in [2.24, 2.45) is 5.41 Å². The highest BCUT2D eigenvalue weighted by atomic mass is 16.3. The predicted molar refractivity (Wildman–Crippen MR) is 43.2 cm³/mol. The summed E-state index contributed by atoms with van der Waals surface area (Å²) in [5.41, 5.74) is -0.492. The third-order valence-corrected chi connectivity index (χ3v) is 2.15. The minimum absolute atomic E-state index is 0.0646. The van der Waals surface area contributed by atoms with E-state index in [0.717, 1.165) is 0 Å². The molecule has 0 bridgehead atoms. The fraction of sp³-hybridized carbons (Fsp3) is 1.00. The van der Waals surface area contributed by atoms with Crippen LogP contribution in [-0.2, 0) is 0 Å². The van der Waals surface area contributed by atoms with Gasteiger partial charge in [0.05, 0.1) is 19.3 Å². The van der Waals surface area contributed by atoms with Crippen molar-refractivity contribution in [2.75, 3.05) is 13.2 Å². The Labute approximate surface area is 67.7 Å². The highest BCUT2D eigenvalue weighted by molar-refractivity contribution is 4.78. The summed E-state index contributed by atoms with van der Waals surface area (Å²) in [7, 11) is 0. The van der Waals surface area contributed by atoms with Crippen LogP contribution in [0.15, 0.2) is 0 Å². The van der Waals surface area contributed by atoms with Crippen LogP contribution < -0.4 is 0 Å². The van der Waals surface area contributed by atoms with Crippen LogP contribution in [-0.4, -0.2) is 34.6 Å². The van der Waals surface area contributed by atoms with E-state index in [4.69, 9.17) is 15.3 Å². The average Bonchev–Trinajstić information content (AvgIpc) is 2.00. The zero-order valence-electron chi connectivity index (χ0n) is 7.25. The molecule has 0 aromatic heterocycles. The Hall–Kier alpha value is -0.120. The third-order valence-electron chi connectivity index (χ3n) is 2.15. The lowest BCUT2D eigenvalue weighted by Gasteiger charge is -2.29. The molecule has 0 radical (unpaired) electrons. The van der Waals surface area contributed by atoms with Gasteiger partial charge in [0, 0.05) is 5.41 Å². The van der Waals surface area contributed by atoms with Gasteiger partial charge < -0.3 is 15.3 Å². The molecule has 0 rings (SSSR count). The number of hydrogen-bond acceptors (Lipinski definition) is 3. The van der Waals surface area contributed by atoms with Gasteiger partial charge in [-0.2, -0.15) is 0 Å². The Kier molecular flexibility index (Phi) is 4.65. The molecule has 3 nitrogen and oxygen atoms in total. The first-order chi connectivity index (χ1) is 5.10. The first kappa shape index (κ1) is 10.9. The molecule has 0 saturated heterocycles. The van der Waals surface area contributed by atoms with Crippen LogP contribution in [0.1, 0.15) is 26.7 Å². The molecule has 0 amide bonds. The van der Waals surface area contributed by atoms with Crippen LogP contribution in [0.3, 0.4) is 0 Å². The summed E-state index contributed by atoms with van der Waals surface area (Å²) in [6.07, 6.45) is 0.677. The molecule has 3 heteroatoms. The van der Waals surface area contributed by atoms with E-state index in [2.05, 4.69) is 0 Å². The molecule has 0 aromatic rings. The Morgan fingerprint density at radius 2 is 1.73 bits per heavy atom. The van der Waals surface area contributed by atoms with Crippen molar-refractivity contribution in [1.29, 1.82) is 0 Å². The number of aliphatic hydroxyl groups is 3. The van der Waals surface area contributed by atoms with Crippen LogP contribution in [0.25, 0.3) is 0 Å². The van der Waals surface area contributed by atoms with Crippen molar-refractivity contribution < 1.29 is 15.3 Å². The smallest absolute Gasteiger partial charge is 0.0519 e. The Bertz CT molecular complexity index is 89.2. The maximum Gasteiger partial charge on any atom is 0.0519 e. The average molecular weight is 162 g/mol. The summed E-state index contributed by atoms with van der Waals surface area (Å²) < 4.78 is 0. The quantitative estimate of drug-likeness (QED) is 0.539. The first-order valence-electron chi connectivity index (χ1n) is 4.00. The lowest BCUT2D eigenvalue weighted by atomic mass is 9.82. The predicted octanol–water partition coefficient (Wildman–Crippen LogP) is 0.138. The third kappa shape index (κ3) is 3.18. The van der Waals surface area contributed by atoms with E-state index in [1.165, 1.54) is 0 Å². The van der Waals surface area contributed by atoms with E-state index >= 15 is 0 Å². The minimum atomic E-state index is -0.492. The second kappa shape index (κ2) is 4.70. The molecule has 0 fully saturated rings. The van der Waals surface area contributed by atoms with Crippen LogP contribution in [0, 0.1) is 5.41 Å². The summed E-state index contributed by atoms with van der Waals surface area (Å²) in [4.78, 5) is 0. The van der Waals surface area contributed by atoms with E-state index in [1.54, 1.807) is 6.92 Å². The van der Waals surface area contributed by atoms with Crippen molar-refractivity contribution >= 4 is 0 Å². The number of hydrogen-bond donors (Lipinski definition) is 3. The summed E-state index contributed by atoms with van der Waals surface area (Å²) in [5.74, 6) is 0. The standard InChI is InChI=1S/C8H18O3/c1-3-8(5-9,6-10)4-7(2)11/h7,9-11H,3-6H2,1-2H3. The van der Waals surface area contributed by atoms with Crippen molar-refractivity contribution in [3.63, 3.8) is 0 Å². The van der Waals surface area contributed by atoms with Gasteiger partial charge in [-0.25, -0.2) is 0 Å². The fourth-order valence-corrected chi connectivity index (χ4v) is 1.17. The molecule has 3 N–H and O–H groups in total. The molecule has 0 heterocycles. The van der Waals surface area contributed by atoms with Gasteiger partial charge in [-0.15, -0.1) is 0 Å². The zero-order valence-corrected chi connectivity index (χ0v) is 7.25. The van der Waals surface area contributed by atoms with E-state index < -0.39 is 11.5 Å². The van der Waals surface area contributed by atoms with Crippen molar-refractivity contribution in [1.82, 2.24) is 0 Å².